The smallest absolute Gasteiger partial charge is 0.0996 e. The zero-order valence-corrected chi connectivity index (χ0v) is 13.8. The summed E-state index contributed by atoms with van der Waals surface area (Å²) in [4.78, 5) is 4.18. The van der Waals surface area contributed by atoms with E-state index in [4.69, 9.17) is 4.74 Å². The van der Waals surface area contributed by atoms with Crippen molar-refractivity contribution in [2.24, 2.45) is 5.41 Å². The minimum absolute atomic E-state index is 0.230. The highest BCUT2D eigenvalue weighted by Gasteiger charge is 2.40. The molecule has 2 saturated heterocycles. The Bertz CT molecular complexity index is 496. The first-order valence-electron chi connectivity index (χ1n) is 8.49. The van der Waals surface area contributed by atoms with Crippen LogP contribution in [-0.4, -0.2) is 57.4 Å². The van der Waals surface area contributed by atoms with Crippen LogP contribution in [0.25, 0.3) is 0 Å². The topological polar surface area (TPSA) is 63.4 Å². The number of hydrogen-bond acceptors (Lipinski definition) is 5. The lowest BCUT2D eigenvalue weighted by Crippen LogP contribution is -2.51. The fourth-order valence-electron chi connectivity index (χ4n) is 3.84. The zero-order valence-electron chi connectivity index (χ0n) is 13.8. The summed E-state index contributed by atoms with van der Waals surface area (Å²) in [6.45, 7) is 8.69. The van der Waals surface area contributed by atoms with Crippen LogP contribution in [0.15, 0.2) is 0 Å². The Morgan fingerprint density at radius 1 is 1.27 bits per heavy atom. The fourth-order valence-corrected chi connectivity index (χ4v) is 3.84. The minimum atomic E-state index is 0.230. The predicted octanol–water partition coefficient (Wildman–Crippen LogP) is 1.36. The molecule has 0 aromatic carbocycles. The molecule has 2 aliphatic rings. The van der Waals surface area contributed by atoms with E-state index in [2.05, 4.69) is 22.0 Å². The normalized spacial score (nSPS) is 25.7. The van der Waals surface area contributed by atoms with Gasteiger partial charge in [-0.05, 0) is 44.9 Å². The molecule has 1 spiro atoms. The molecule has 22 heavy (non-hydrogen) atoms. The summed E-state index contributed by atoms with van der Waals surface area (Å²) >= 11 is 0. The Balaban J connectivity index is 1.74. The molecule has 1 atom stereocenters. The third kappa shape index (κ3) is 3.19. The number of nitrogens with zero attached hydrogens (tertiary/aromatic N) is 4. The van der Waals surface area contributed by atoms with Crippen molar-refractivity contribution in [1.29, 1.82) is 0 Å². The Morgan fingerprint density at radius 2 is 2.05 bits per heavy atom. The maximum absolute atomic E-state index is 9.74. The number of aliphatic hydroxyl groups excluding tert-OH is 1. The summed E-state index contributed by atoms with van der Waals surface area (Å²) in [6.07, 6.45) is 4.56. The van der Waals surface area contributed by atoms with Crippen LogP contribution in [-0.2, 0) is 17.8 Å². The lowest BCUT2D eigenvalue weighted by Gasteiger charge is -2.48. The van der Waals surface area contributed by atoms with Gasteiger partial charge in [0.2, 0.25) is 0 Å². The quantitative estimate of drug-likeness (QED) is 0.910. The maximum atomic E-state index is 9.74. The fraction of sp³-hybridized carbons (Fsp3) is 0.875. The molecule has 2 fully saturated rings. The molecule has 1 aromatic rings. The van der Waals surface area contributed by atoms with E-state index in [0.717, 1.165) is 63.5 Å². The van der Waals surface area contributed by atoms with Crippen molar-refractivity contribution in [2.75, 3.05) is 26.4 Å². The summed E-state index contributed by atoms with van der Waals surface area (Å²) < 4.78 is 5.55. The number of aryl methyl sites for hydroxylation is 2. The van der Waals surface area contributed by atoms with Crippen LogP contribution < -0.4 is 0 Å². The number of aromatic nitrogens is 3. The van der Waals surface area contributed by atoms with Crippen molar-refractivity contribution in [1.82, 2.24) is 19.9 Å². The minimum Gasteiger partial charge on any atom is -0.395 e. The van der Waals surface area contributed by atoms with Gasteiger partial charge in [-0.25, -0.2) is 0 Å². The molecule has 3 heterocycles. The van der Waals surface area contributed by atoms with Gasteiger partial charge in [0.1, 0.15) is 0 Å². The van der Waals surface area contributed by atoms with Crippen molar-refractivity contribution < 1.29 is 9.84 Å². The van der Waals surface area contributed by atoms with E-state index >= 15 is 0 Å². The van der Waals surface area contributed by atoms with Crippen LogP contribution >= 0.6 is 0 Å². The van der Waals surface area contributed by atoms with Gasteiger partial charge >= 0.3 is 0 Å². The molecule has 3 rings (SSSR count). The molecule has 124 valence electrons. The summed E-state index contributed by atoms with van der Waals surface area (Å²) in [6, 6.07) is 0.250. The Labute approximate surface area is 132 Å². The molecule has 0 bridgehead atoms. The van der Waals surface area contributed by atoms with E-state index in [1.807, 2.05) is 6.92 Å². The third-order valence-electron chi connectivity index (χ3n) is 5.38. The van der Waals surface area contributed by atoms with Gasteiger partial charge < -0.3 is 9.84 Å². The Morgan fingerprint density at radius 3 is 2.68 bits per heavy atom. The van der Waals surface area contributed by atoms with Crippen molar-refractivity contribution in [3.05, 3.63) is 11.4 Å². The lowest BCUT2D eigenvalue weighted by atomic mass is 9.72. The van der Waals surface area contributed by atoms with E-state index in [1.54, 1.807) is 4.80 Å². The van der Waals surface area contributed by atoms with Gasteiger partial charge in [-0.3, -0.25) is 4.90 Å². The molecule has 6 heteroatoms. The van der Waals surface area contributed by atoms with Gasteiger partial charge in [-0.15, -0.1) is 0 Å². The highest BCUT2D eigenvalue weighted by Crippen LogP contribution is 2.41. The number of aliphatic hydroxyl groups is 1. The van der Waals surface area contributed by atoms with Crippen LogP contribution in [0.2, 0.25) is 0 Å². The van der Waals surface area contributed by atoms with Crippen LogP contribution in [0.5, 0.6) is 0 Å². The first kappa shape index (κ1) is 15.9. The van der Waals surface area contributed by atoms with Crippen LogP contribution in [0.4, 0.5) is 0 Å². The Kier molecular flexibility index (Phi) is 4.80. The average molecular weight is 308 g/mol. The first-order valence-corrected chi connectivity index (χ1v) is 8.49. The summed E-state index contributed by atoms with van der Waals surface area (Å²) in [5.74, 6) is 0. The molecule has 6 nitrogen and oxygen atoms in total. The van der Waals surface area contributed by atoms with Crippen molar-refractivity contribution in [2.45, 2.75) is 58.7 Å². The molecule has 0 aliphatic carbocycles. The van der Waals surface area contributed by atoms with E-state index in [0.29, 0.717) is 5.41 Å². The summed E-state index contributed by atoms with van der Waals surface area (Å²) in [5, 5.41) is 18.8. The number of rotatable bonds is 4. The largest absolute Gasteiger partial charge is 0.395 e. The molecule has 1 unspecified atom stereocenters. The van der Waals surface area contributed by atoms with Crippen LogP contribution in [0, 0.1) is 12.3 Å². The van der Waals surface area contributed by atoms with Gasteiger partial charge in [0.05, 0.1) is 24.5 Å². The number of hydrogen-bond donors (Lipinski definition) is 1. The van der Waals surface area contributed by atoms with E-state index in [9.17, 15) is 5.11 Å². The molecule has 1 N–H and O–H groups in total. The second-order valence-electron chi connectivity index (χ2n) is 6.81. The lowest BCUT2D eigenvalue weighted by molar-refractivity contribution is -0.0554. The molecule has 0 amide bonds. The third-order valence-corrected chi connectivity index (χ3v) is 5.38. The highest BCUT2D eigenvalue weighted by molar-refractivity contribution is 5.07. The second-order valence-corrected chi connectivity index (χ2v) is 6.81. The molecule has 1 aromatic heterocycles. The van der Waals surface area contributed by atoms with Gasteiger partial charge in [0.15, 0.2) is 0 Å². The van der Waals surface area contributed by atoms with E-state index in [-0.39, 0.29) is 12.6 Å². The molecule has 0 radical (unpaired) electrons. The SMILES string of the molecule is CCn1nc(C)c(CN2CC3(CCOCC3)CCC2CO)n1. The second kappa shape index (κ2) is 6.64. The standard InChI is InChI=1S/C16H28N4O2/c1-3-20-17-13(2)15(18-20)10-19-12-16(5-4-14(19)11-21)6-8-22-9-7-16/h14,21H,3-12H2,1-2H3. The molecule has 2 aliphatic heterocycles. The predicted molar refractivity (Wildman–Crippen MR) is 83.4 cm³/mol. The first-order chi connectivity index (χ1) is 10.7. The number of likely N-dealkylation sites (tertiary alicyclic amines) is 1. The number of ether oxygens (including phenoxy) is 1. The van der Waals surface area contributed by atoms with Crippen molar-refractivity contribution in [3.63, 3.8) is 0 Å². The monoisotopic (exact) mass is 308 g/mol. The van der Waals surface area contributed by atoms with Gasteiger partial charge in [-0.2, -0.15) is 15.0 Å². The molecular formula is C16H28N4O2. The summed E-state index contributed by atoms with van der Waals surface area (Å²) in [7, 11) is 0. The Hall–Kier alpha value is -0.980. The molecule has 0 saturated carbocycles. The van der Waals surface area contributed by atoms with E-state index < -0.39 is 0 Å². The van der Waals surface area contributed by atoms with Crippen LogP contribution in [0.3, 0.4) is 0 Å². The van der Waals surface area contributed by atoms with Gasteiger partial charge in [0.25, 0.3) is 0 Å². The summed E-state index contributed by atoms with van der Waals surface area (Å²) in [5.41, 5.74) is 2.42. The van der Waals surface area contributed by atoms with Crippen molar-refractivity contribution in [3.8, 4) is 0 Å². The average Bonchev–Trinajstić information content (AvgIpc) is 2.89. The zero-order chi connectivity index (χ0) is 15.6. The van der Waals surface area contributed by atoms with Crippen molar-refractivity contribution >= 4 is 0 Å². The highest BCUT2D eigenvalue weighted by atomic mass is 16.5. The maximum Gasteiger partial charge on any atom is 0.0996 e. The van der Waals surface area contributed by atoms with Crippen LogP contribution in [0.1, 0.15) is 44.0 Å². The van der Waals surface area contributed by atoms with E-state index in [1.165, 1.54) is 6.42 Å². The van der Waals surface area contributed by atoms with Gasteiger partial charge in [-0.1, -0.05) is 0 Å². The number of piperidine rings is 1. The molecular weight excluding hydrogens is 280 g/mol. The van der Waals surface area contributed by atoms with Gasteiger partial charge in [0, 0.05) is 32.3 Å².